The number of rotatable bonds is 4. The van der Waals surface area contributed by atoms with Crippen molar-refractivity contribution in [2.24, 2.45) is 0 Å². The molecule has 0 saturated carbocycles. The largest absolute Gasteiger partial charge is 0.348 e. The molecule has 2 rings (SSSR count). The van der Waals surface area contributed by atoms with Gasteiger partial charge in [-0.3, -0.25) is 9.69 Å². The van der Waals surface area contributed by atoms with Crippen LogP contribution in [0.3, 0.4) is 0 Å². The molecule has 1 aromatic rings. The maximum Gasteiger partial charge on any atom is 0.240 e. The summed E-state index contributed by atoms with van der Waals surface area (Å²) >= 11 is 0. The quantitative estimate of drug-likeness (QED) is 0.888. The Labute approximate surface area is 125 Å². The van der Waals surface area contributed by atoms with E-state index in [0.29, 0.717) is 0 Å². The molecule has 0 spiro atoms. The second-order valence-corrected chi connectivity index (χ2v) is 6.05. The Kier molecular flexibility index (Phi) is 4.96. The SMILES string of the molecule is C[C@@H](NC(=O)C(C)(C)N1CCNCC1)c1cccc(F)c1. The number of carbonyl (C=O) groups excluding carboxylic acids is 1. The second kappa shape index (κ2) is 6.54. The van der Waals surface area contributed by atoms with Gasteiger partial charge in [0, 0.05) is 26.2 Å². The molecule has 0 bridgehead atoms. The van der Waals surface area contributed by atoms with Crippen LogP contribution in [0.25, 0.3) is 0 Å². The monoisotopic (exact) mass is 293 g/mol. The van der Waals surface area contributed by atoms with E-state index in [0.717, 1.165) is 31.7 Å². The molecule has 0 aliphatic carbocycles. The number of carbonyl (C=O) groups is 1. The first-order valence-electron chi connectivity index (χ1n) is 7.43. The maximum atomic E-state index is 13.3. The Morgan fingerprint density at radius 2 is 2.05 bits per heavy atom. The van der Waals surface area contributed by atoms with Gasteiger partial charge < -0.3 is 10.6 Å². The Morgan fingerprint density at radius 3 is 2.67 bits per heavy atom. The maximum absolute atomic E-state index is 13.3. The smallest absolute Gasteiger partial charge is 0.240 e. The molecule has 0 unspecified atom stereocenters. The minimum Gasteiger partial charge on any atom is -0.348 e. The topological polar surface area (TPSA) is 44.4 Å². The van der Waals surface area contributed by atoms with Crippen LogP contribution in [0.15, 0.2) is 24.3 Å². The van der Waals surface area contributed by atoms with Gasteiger partial charge >= 0.3 is 0 Å². The third kappa shape index (κ3) is 3.80. The van der Waals surface area contributed by atoms with E-state index < -0.39 is 5.54 Å². The molecule has 1 aliphatic rings. The molecule has 1 aromatic carbocycles. The van der Waals surface area contributed by atoms with Crippen molar-refractivity contribution in [3.63, 3.8) is 0 Å². The average Bonchev–Trinajstić information content (AvgIpc) is 2.48. The zero-order valence-electron chi connectivity index (χ0n) is 12.9. The highest BCUT2D eigenvalue weighted by Crippen LogP contribution is 2.19. The van der Waals surface area contributed by atoms with Gasteiger partial charge in [-0.05, 0) is 38.5 Å². The molecule has 1 fully saturated rings. The molecule has 116 valence electrons. The standard InChI is InChI=1S/C16H24FN3O/c1-12(13-5-4-6-14(17)11-13)19-15(21)16(2,3)20-9-7-18-8-10-20/h4-6,11-12,18H,7-10H2,1-3H3,(H,19,21)/t12-/m1/s1. The van der Waals surface area contributed by atoms with Crippen LogP contribution < -0.4 is 10.6 Å². The zero-order chi connectivity index (χ0) is 15.5. The molecule has 2 N–H and O–H groups in total. The van der Waals surface area contributed by atoms with Crippen LogP contribution in [-0.4, -0.2) is 42.5 Å². The predicted octanol–water partition coefficient (Wildman–Crippen LogP) is 1.69. The van der Waals surface area contributed by atoms with Gasteiger partial charge in [0.1, 0.15) is 5.82 Å². The van der Waals surface area contributed by atoms with Crippen molar-refractivity contribution < 1.29 is 9.18 Å². The van der Waals surface area contributed by atoms with Crippen LogP contribution in [0.1, 0.15) is 32.4 Å². The summed E-state index contributed by atoms with van der Waals surface area (Å²) < 4.78 is 13.3. The normalized spacial score (nSPS) is 18.3. The summed E-state index contributed by atoms with van der Waals surface area (Å²) in [6, 6.07) is 6.14. The van der Waals surface area contributed by atoms with Crippen LogP contribution in [-0.2, 0) is 4.79 Å². The number of hydrogen-bond acceptors (Lipinski definition) is 3. The molecule has 0 aromatic heterocycles. The van der Waals surface area contributed by atoms with Crippen molar-refractivity contribution in [1.29, 1.82) is 0 Å². The number of piperazine rings is 1. The molecule has 1 saturated heterocycles. The Hall–Kier alpha value is -1.46. The fraction of sp³-hybridized carbons (Fsp3) is 0.562. The first-order valence-corrected chi connectivity index (χ1v) is 7.43. The van der Waals surface area contributed by atoms with E-state index in [4.69, 9.17) is 0 Å². The van der Waals surface area contributed by atoms with Crippen molar-refractivity contribution in [1.82, 2.24) is 15.5 Å². The lowest BCUT2D eigenvalue weighted by Gasteiger charge is -2.40. The van der Waals surface area contributed by atoms with Crippen LogP contribution in [0.2, 0.25) is 0 Å². The van der Waals surface area contributed by atoms with Crippen molar-refractivity contribution in [2.45, 2.75) is 32.4 Å². The van der Waals surface area contributed by atoms with Crippen LogP contribution in [0.4, 0.5) is 4.39 Å². The van der Waals surface area contributed by atoms with Gasteiger partial charge in [0.2, 0.25) is 5.91 Å². The zero-order valence-corrected chi connectivity index (χ0v) is 12.9. The number of benzene rings is 1. The lowest BCUT2D eigenvalue weighted by Crippen LogP contribution is -2.60. The Morgan fingerprint density at radius 1 is 1.38 bits per heavy atom. The Bertz CT molecular complexity index is 498. The summed E-state index contributed by atoms with van der Waals surface area (Å²) in [6.45, 7) is 9.26. The van der Waals surface area contributed by atoms with Gasteiger partial charge in [-0.1, -0.05) is 12.1 Å². The molecular formula is C16H24FN3O. The minimum atomic E-state index is -0.566. The van der Waals surface area contributed by atoms with E-state index in [2.05, 4.69) is 15.5 Å². The summed E-state index contributed by atoms with van der Waals surface area (Å²) in [5.41, 5.74) is 0.211. The molecule has 1 heterocycles. The summed E-state index contributed by atoms with van der Waals surface area (Å²) in [6.07, 6.45) is 0. The molecule has 0 radical (unpaired) electrons. The molecular weight excluding hydrogens is 269 g/mol. The van der Waals surface area contributed by atoms with Crippen molar-refractivity contribution in [3.05, 3.63) is 35.6 Å². The van der Waals surface area contributed by atoms with Gasteiger partial charge in [-0.25, -0.2) is 4.39 Å². The summed E-state index contributed by atoms with van der Waals surface area (Å²) in [4.78, 5) is 14.7. The fourth-order valence-corrected chi connectivity index (χ4v) is 2.60. The number of nitrogens with zero attached hydrogens (tertiary/aromatic N) is 1. The molecule has 5 heteroatoms. The third-order valence-electron chi connectivity index (χ3n) is 4.16. The predicted molar refractivity (Wildman–Crippen MR) is 81.5 cm³/mol. The van der Waals surface area contributed by atoms with E-state index in [9.17, 15) is 9.18 Å². The third-order valence-corrected chi connectivity index (χ3v) is 4.16. The average molecular weight is 293 g/mol. The molecule has 1 amide bonds. The number of halogens is 1. The molecule has 4 nitrogen and oxygen atoms in total. The summed E-state index contributed by atoms with van der Waals surface area (Å²) in [5.74, 6) is -0.309. The van der Waals surface area contributed by atoms with E-state index in [1.54, 1.807) is 6.07 Å². The first kappa shape index (κ1) is 15.9. The lowest BCUT2D eigenvalue weighted by atomic mass is 9.99. The fourth-order valence-electron chi connectivity index (χ4n) is 2.60. The van der Waals surface area contributed by atoms with Gasteiger partial charge in [0.25, 0.3) is 0 Å². The van der Waals surface area contributed by atoms with E-state index >= 15 is 0 Å². The van der Waals surface area contributed by atoms with E-state index in [1.165, 1.54) is 12.1 Å². The minimum absolute atomic E-state index is 0.0267. The lowest BCUT2D eigenvalue weighted by molar-refractivity contribution is -0.132. The van der Waals surface area contributed by atoms with E-state index in [1.807, 2.05) is 26.8 Å². The van der Waals surface area contributed by atoms with E-state index in [-0.39, 0.29) is 17.8 Å². The van der Waals surface area contributed by atoms with Gasteiger partial charge in [0.05, 0.1) is 11.6 Å². The van der Waals surface area contributed by atoms with Crippen LogP contribution in [0, 0.1) is 5.82 Å². The van der Waals surface area contributed by atoms with Gasteiger partial charge in [0.15, 0.2) is 0 Å². The molecule has 1 atom stereocenters. The van der Waals surface area contributed by atoms with Crippen molar-refractivity contribution >= 4 is 5.91 Å². The first-order chi connectivity index (χ1) is 9.91. The Balaban J connectivity index is 2.02. The van der Waals surface area contributed by atoms with Crippen LogP contribution in [0.5, 0.6) is 0 Å². The van der Waals surface area contributed by atoms with Gasteiger partial charge in [-0.2, -0.15) is 0 Å². The molecule has 1 aliphatic heterocycles. The highest BCUT2D eigenvalue weighted by molar-refractivity contribution is 5.85. The number of nitrogens with one attached hydrogen (secondary N) is 2. The highest BCUT2D eigenvalue weighted by Gasteiger charge is 2.35. The summed E-state index contributed by atoms with van der Waals surface area (Å²) in [7, 11) is 0. The highest BCUT2D eigenvalue weighted by atomic mass is 19.1. The second-order valence-electron chi connectivity index (χ2n) is 6.05. The molecule has 21 heavy (non-hydrogen) atoms. The summed E-state index contributed by atoms with van der Waals surface area (Å²) in [5, 5.41) is 6.28. The van der Waals surface area contributed by atoms with Crippen molar-refractivity contribution in [2.75, 3.05) is 26.2 Å². The van der Waals surface area contributed by atoms with Crippen molar-refractivity contribution in [3.8, 4) is 0 Å². The van der Waals surface area contributed by atoms with Gasteiger partial charge in [-0.15, -0.1) is 0 Å². The number of amides is 1. The van der Waals surface area contributed by atoms with Crippen LogP contribution >= 0.6 is 0 Å². The number of hydrogen-bond donors (Lipinski definition) is 2.